The summed E-state index contributed by atoms with van der Waals surface area (Å²) in [6.07, 6.45) is 2.58. The molecule has 2 rings (SSSR count). The van der Waals surface area contributed by atoms with E-state index < -0.39 is 0 Å². The highest BCUT2D eigenvalue weighted by Gasteiger charge is 2.14. The van der Waals surface area contributed by atoms with Crippen LogP contribution in [0.4, 0.5) is 5.82 Å². The van der Waals surface area contributed by atoms with E-state index in [-0.39, 0.29) is 11.3 Å². The number of benzene rings is 1. The molecular weight excluding hydrogens is 262 g/mol. The van der Waals surface area contributed by atoms with Gasteiger partial charge in [0.15, 0.2) is 0 Å². The Labute approximate surface area is 126 Å². The van der Waals surface area contributed by atoms with Crippen molar-refractivity contribution in [2.45, 2.75) is 27.2 Å². The molecule has 0 spiro atoms. The van der Waals surface area contributed by atoms with Crippen LogP contribution in [0.25, 0.3) is 10.8 Å². The summed E-state index contributed by atoms with van der Waals surface area (Å²) in [5, 5.41) is 7.93. The number of nitrogens with one attached hydrogen (secondary N) is 2. The standard InChI is InChI=1S/C17H23N3O/c1-17(2,3)9-10-19-16(21)14-11-20-15(18-4)13-8-6-5-7-12(13)14/h5-8,11H,9-10H2,1-4H3,(H,18,20)(H,19,21). The van der Waals surface area contributed by atoms with Crippen LogP contribution in [0, 0.1) is 5.41 Å². The van der Waals surface area contributed by atoms with Crippen LogP contribution in [-0.4, -0.2) is 24.5 Å². The largest absolute Gasteiger partial charge is 0.373 e. The number of nitrogens with zero attached hydrogens (tertiary/aromatic N) is 1. The summed E-state index contributed by atoms with van der Waals surface area (Å²) >= 11 is 0. The van der Waals surface area contributed by atoms with Gasteiger partial charge in [-0.05, 0) is 17.2 Å². The van der Waals surface area contributed by atoms with Crippen LogP contribution in [0.5, 0.6) is 0 Å². The Hall–Kier alpha value is -2.10. The van der Waals surface area contributed by atoms with Gasteiger partial charge >= 0.3 is 0 Å². The lowest BCUT2D eigenvalue weighted by Crippen LogP contribution is -2.27. The van der Waals surface area contributed by atoms with Crippen molar-refractivity contribution in [1.82, 2.24) is 10.3 Å². The summed E-state index contributed by atoms with van der Waals surface area (Å²) in [7, 11) is 1.83. The van der Waals surface area contributed by atoms with E-state index in [4.69, 9.17) is 0 Å². The normalized spacial score (nSPS) is 11.4. The van der Waals surface area contributed by atoms with Gasteiger partial charge in [-0.15, -0.1) is 0 Å². The van der Waals surface area contributed by atoms with Gasteiger partial charge in [-0.2, -0.15) is 0 Å². The van der Waals surface area contributed by atoms with E-state index in [0.29, 0.717) is 12.1 Å². The lowest BCUT2D eigenvalue weighted by atomic mass is 9.92. The number of carbonyl (C=O) groups excluding carboxylic acids is 1. The molecule has 0 atom stereocenters. The number of fused-ring (bicyclic) bond motifs is 1. The molecule has 4 heteroatoms. The first-order valence-corrected chi connectivity index (χ1v) is 7.26. The molecule has 0 radical (unpaired) electrons. The van der Waals surface area contributed by atoms with Gasteiger partial charge in [0.2, 0.25) is 0 Å². The van der Waals surface area contributed by atoms with Gasteiger partial charge in [-0.25, -0.2) is 4.98 Å². The second-order valence-corrected chi connectivity index (χ2v) is 6.38. The summed E-state index contributed by atoms with van der Waals surface area (Å²) in [6.45, 7) is 7.16. The third kappa shape index (κ3) is 3.72. The van der Waals surface area contributed by atoms with Gasteiger partial charge in [0.1, 0.15) is 5.82 Å². The SMILES string of the molecule is CNc1ncc(C(=O)NCCC(C)(C)C)c2ccccc12. The molecule has 0 fully saturated rings. The molecule has 21 heavy (non-hydrogen) atoms. The minimum atomic E-state index is -0.0643. The summed E-state index contributed by atoms with van der Waals surface area (Å²) in [5.74, 6) is 0.724. The number of anilines is 1. The molecule has 1 heterocycles. The third-order valence-electron chi connectivity index (χ3n) is 3.44. The van der Waals surface area contributed by atoms with E-state index in [2.05, 4.69) is 36.4 Å². The first-order valence-electron chi connectivity index (χ1n) is 7.26. The summed E-state index contributed by atoms with van der Waals surface area (Å²) in [6, 6.07) is 7.82. The monoisotopic (exact) mass is 285 g/mol. The van der Waals surface area contributed by atoms with Crippen molar-refractivity contribution in [2.75, 3.05) is 18.9 Å². The molecule has 0 saturated heterocycles. The highest BCUT2D eigenvalue weighted by atomic mass is 16.1. The smallest absolute Gasteiger partial charge is 0.253 e. The Morgan fingerprint density at radius 2 is 1.86 bits per heavy atom. The van der Waals surface area contributed by atoms with Gasteiger partial charge in [0, 0.05) is 25.2 Å². The number of pyridine rings is 1. The summed E-state index contributed by atoms with van der Waals surface area (Å²) in [4.78, 5) is 16.7. The van der Waals surface area contributed by atoms with E-state index in [1.54, 1.807) is 6.20 Å². The van der Waals surface area contributed by atoms with Crippen molar-refractivity contribution < 1.29 is 4.79 Å². The molecule has 0 unspecified atom stereocenters. The van der Waals surface area contributed by atoms with Crippen molar-refractivity contribution in [2.24, 2.45) is 5.41 Å². The molecular formula is C17H23N3O. The maximum atomic E-state index is 12.4. The van der Waals surface area contributed by atoms with Crippen molar-refractivity contribution in [3.63, 3.8) is 0 Å². The molecule has 2 N–H and O–H groups in total. The fourth-order valence-corrected chi connectivity index (χ4v) is 2.22. The number of hydrogen-bond acceptors (Lipinski definition) is 3. The van der Waals surface area contributed by atoms with E-state index >= 15 is 0 Å². The van der Waals surface area contributed by atoms with Crippen molar-refractivity contribution >= 4 is 22.5 Å². The molecule has 0 aliphatic carbocycles. The third-order valence-corrected chi connectivity index (χ3v) is 3.44. The van der Waals surface area contributed by atoms with E-state index in [9.17, 15) is 4.79 Å². The predicted octanol–water partition coefficient (Wildman–Crippen LogP) is 3.44. The number of aromatic nitrogens is 1. The van der Waals surface area contributed by atoms with E-state index in [1.165, 1.54) is 0 Å². The molecule has 1 amide bonds. The number of carbonyl (C=O) groups is 1. The predicted molar refractivity (Wildman–Crippen MR) is 87.7 cm³/mol. The van der Waals surface area contributed by atoms with Crippen molar-refractivity contribution in [3.8, 4) is 0 Å². The van der Waals surface area contributed by atoms with Gasteiger partial charge in [0.25, 0.3) is 5.91 Å². The quantitative estimate of drug-likeness (QED) is 0.904. The molecule has 0 aliphatic rings. The number of amides is 1. The molecule has 112 valence electrons. The second-order valence-electron chi connectivity index (χ2n) is 6.38. The highest BCUT2D eigenvalue weighted by molar-refractivity contribution is 6.09. The Morgan fingerprint density at radius 3 is 2.48 bits per heavy atom. The van der Waals surface area contributed by atoms with Crippen LogP contribution in [0.1, 0.15) is 37.6 Å². The highest BCUT2D eigenvalue weighted by Crippen LogP contribution is 2.24. The zero-order chi connectivity index (χ0) is 15.5. The molecule has 0 bridgehead atoms. The average Bonchev–Trinajstić information content (AvgIpc) is 2.44. The van der Waals surface area contributed by atoms with E-state index in [0.717, 1.165) is 23.0 Å². The van der Waals surface area contributed by atoms with Crippen molar-refractivity contribution in [3.05, 3.63) is 36.0 Å². The molecule has 1 aromatic carbocycles. The average molecular weight is 285 g/mol. The van der Waals surface area contributed by atoms with Crippen LogP contribution < -0.4 is 10.6 Å². The van der Waals surface area contributed by atoms with Gasteiger partial charge in [-0.3, -0.25) is 4.79 Å². The second kappa shape index (κ2) is 6.12. The summed E-state index contributed by atoms with van der Waals surface area (Å²) in [5.41, 5.74) is 0.836. The first kappa shape index (κ1) is 15.3. The van der Waals surface area contributed by atoms with E-state index in [1.807, 2.05) is 31.3 Å². The molecule has 1 aromatic heterocycles. The zero-order valence-corrected chi connectivity index (χ0v) is 13.2. The summed E-state index contributed by atoms with van der Waals surface area (Å²) < 4.78 is 0. The fourth-order valence-electron chi connectivity index (χ4n) is 2.22. The number of hydrogen-bond donors (Lipinski definition) is 2. The molecule has 2 aromatic rings. The molecule has 0 saturated carbocycles. The minimum absolute atomic E-state index is 0.0643. The Morgan fingerprint density at radius 1 is 1.19 bits per heavy atom. The molecule has 4 nitrogen and oxygen atoms in total. The zero-order valence-electron chi connectivity index (χ0n) is 13.2. The topological polar surface area (TPSA) is 54.0 Å². The Balaban J connectivity index is 2.24. The maximum Gasteiger partial charge on any atom is 0.253 e. The fraction of sp³-hybridized carbons (Fsp3) is 0.412. The van der Waals surface area contributed by atoms with Crippen molar-refractivity contribution in [1.29, 1.82) is 0 Å². The Bertz CT molecular complexity index is 644. The number of rotatable bonds is 4. The van der Waals surface area contributed by atoms with Gasteiger partial charge < -0.3 is 10.6 Å². The molecule has 0 aliphatic heterocycles. The Kier molecular flexibility index (Phi) is 4.46. The van der Waals surface area contributed by atoms with Gasteiger partial charge in [-0.1, -0.05) is 45.0 Å². The van der Waals surface area contributed by atoms with Crippen LogP contribution in [-0.2, 0) is 0 Å². The minimum Gasteiger partial charge on any atom is -0.373 e. The van der Waals surface area contributed by atoms with Crippen LogP contribution in [0.15, 0.2) is 30.5 Å². The van der Waals surface area contributed by atoms with Crippen LogP contribution in [0.2, 0.25) is 0 Å². The van der Waals surface area contributed by atoms with Crippen LogP contribution in [0.3, 0.4) is 0 Å². The lowest BCUT2D eigenvalue weighted by molar-refractivity contribution is 0.0951. The maximum absolute atomic E-state index is 12.4. The van der Waals surface area contributed by atoms with Gasteiger partial charge in [0.05, 0.1) is 5.56 Å². The lowest BCUT2D eigenvalue weighted by Gasteiger charge is -2.18. The van der Waals surface area contributed by atoms with Crippen LogP contribution >= 0.6 is 0 Å². The first-order chi connectivity index (χ1) is 9.92.